The molecule has 0 amide bonds. The van der Waals surface area contributed by atoms with Crippen molar-refractivity contribution in [1.82, 2.24) is 9.29 Å². The molecule has 21 heavy (non-hydrogen) atoms. The number of hydrogen-bond acceptors (Lipinski definition) is 4. The number of hydrogen-bond donors (Lipinski definition) is 0. The van der Waals surface area contributed by atoms with Crippen LogP contribution in [0.25, 0.3) is 0 Å². The van der Waals surface area contributed by atoms with E-state index < -0.39 is 10.0 Å². The van der Waals surface area contributed by atoms with E-state index in [2.05, 4.69) is 4.98 Å². The summed E-state index contributed by atoms with van der Waals surface area (Å²) < 4.78 is 26.0. The standard InChI is InChI=1S/C14H12ClN3O2S/c1-18(10-12-4-2-11(9-16)3-5-12)21(19,20)13-6-7-17-14(15)8-13/h2-8H,10H2,1H3. The van der Waals surface area contributed by atoms with Crippen molar-refractivity contribution < 1.29 is 8.42 Å². The lowest BCUT2D eigenvalue weighted by Gasteiger charge is -2.17. The SMILES string of the molecule is CN(Cc1ccc(C#N)cc1)S(=O)(=O)c1ccnc(Cl)c1. The van der Waals surface area contributed by atoms with Crippen molar-refractivity contribution in [3.05, 3.63) is 58.9 Å². The molecule has 2 rings (SSSR count). The zero-order valence-electron chi connectivity index (χ0n) is 11.2. The van der Waals surface area contributed by atoms with Crippen LogP contribution in [0.2, 0.25) is 5.15 Å². The molecule has 0 saturated heterocycles. The Bertz CT molecular complexity index is 783. The van der Waals surface area contributed by atoms with Crippen molar-refractivity contribution in [3.8, 4) is 6.07 Å². The average molecular weight is 322 g/mol. The van der Waals surface area contributed by atoms with Crippen molar-refractivity contribution in [3.63, 3.8) is 0 Å². The maximum Gasteiger partial charge on any atom is 0.243 e. The summed E-state index contributed by atoms with van der Waals surface area (Å²) in [6.45, 7) is 0.202. The molecule has 0 unspecified atom stereocenters. The predicted octanol–water partition coefficient (Wildman–Crippen LogP) is 2.43. The van der Waals surface area contributed by atoms with Crippen LogP contribution in [-0.4, -0.2) is 24.8 Å². The van der Waals surface area contributed by atoms with Gasteiger partial charge in [0.05, 0.1) is 16.5 Å². The normalized spacial score (nSPS) is 11.3. The Morgan fingerprint density at radius 2 is 1.95 bits per heavy atom. The highest BCUT2D eigenvalue weighted by molar-refractivity contribution is 7.89. The zero-order chi connectivity index (χ0) is 15.5. The molecule has 0 spiro atoms. The minimum absolute atomic E-state index is 0.0960. The van der Waals surface area contributed by atoms with E-state index in [1.54, 1.807) is 24.3 Å². The van der Waals surface area contributed by atoms with Crippen molar-refractivity contribution in [2.75, 3.05) is 7.05 Å². The largest absolute Gasteiger partial charge is 0.244 e. The highest BCUT2D eigenvalue weighted by Crippen LogP contribution is 2.18. The lowest BCUT2D eigenvalue weighted by Crippen LogP contribution is -2.26. The first-order valence-electron chi connectivity index (χ1n) is 6.00. The fourth-order valence-electron chi connectivity index (χ4n) is 1.75. The van der Waals surface area contributed by atoms with E-state index in [9.17, 15) is 8.42 Å². The Labute approximate surface area is 128 Å². The number of nitriles is 1. The van der Waals surface area contributed by atoms with Crippen LogP contribution < -0.4 is 0 Å². The summed E-state index contributed by atoms with van der Waals surface area (Å²) in [5.74, 6) is 0. The minimum atomic E-state index is -3.63. The third kappa shape index (κ3) is 3.58. The zero-order valence-corrected chi connectivity index (χ0v) is 12.8. The van der Waals surface area contributed by atoms with Gasteiger partial charge in [-0.2, -0.15) is 9.57 Å². The predicted molar refractivity (Wildman–Crippen MR) is 79.1 cm³/mol. The molecule has 0 radical (unpaired) electrons. The Balaban J connectivity index is 2.22. The fraction of sp³-hybridized carbons (Fsp3) is 0.143. The molecule has 0 N–H and O–H groups in total. The number of rotatable bonds is 4. The second-order valence-corrected chi connectivity index (χ2v) is 6.82. The first kappa shape index (κ1) is 15.4. The van der Waals surface area contributed by atoms with Crippen molar-refractivity contribution in [2.45, 2.75) is 11.4 Å². The first-order chi connectivity index (χ1) is 9.93. The molecule has 0 saturated carbocycles. The second kappa shape index (κ2) is 6.22. The molecule has 0 aliphatic heterocycles. The third-order valence-electron chi connectivity index (χ3n) is 2.89. The van der Waals surface area contributed by atoms with E-state index in [-0.39, 0.29) is 16.6 Å². The Hall–Kier alpha value is -1.94. The lowest BCUT2D eigenvalue weighted by molar-refractivity contribution is 0.466. The summed E-state index contributed by atoms with van der Waals surface area (Å²) >= 11 is 5.72. The number of benzene rings is 1. The molecule has 0 aliphatic rings. The maximum atomic E-state index is 12.4. The Morgan fingerprint density at radius 1 is 1.29 bits per heavy atom. The average Bonchev–Trinajstić information content (AvgIpc) is 2.48. The van der Waals surface area contributed by atoms with Crippen LogP contribution >= 0.6 is 11.6 Å². The quantitative estimate of drug-likeness (QED) is 0.811. The van der Waals surface area contributed by atoms with E-state index in [4.69, 9.17) is 16.9 Å². The third-order valence-corrected chi connectivity index (χ3v) is 4.90. The number of nitrogens with zero attached hydrogens (tertiary/aromatic N) is 3. The van der Waals surface area contributed by atoms with Gasteiger partial charge < -0.3 is 0 Å². The smallest absolute Gasteiger partial charge is 0.243 e. The van der Waals surface area contributed by atoms with Gasteiger partial charge in [0.15, 0.2) is 0 Å². The molecule has 1 aromatic carbocycles. The van der Waals surface area contributed by atoms with E-state index in [0.717, 1.165) is 5.56 Å². The van der Waals surface area contributed by atoms with Gasteiger partial charge in [-0.1, -0.05) is 23.7 Å². The highest BCUT2D eigenvalue weighted by Gasteiger charge is 2.21. The van der Waals surface area contributed by atoms with Gasteiger partial charge in [0.1, 0.15) is 5.15 Å². The van der Waals surface area contributed by atoms with Crippen LogP contribution in [0.1, 0.15) is 11.1 Å². The molecule has 1 aromatic heterocycles. The molecule has 2 aromatic rings. The van der Waals surface area contributed by atoms with E-state index >= 15 is 0 Å². The molecule has 108 valence electrons. The van der Waals surface area contributed by atoms with E-state index in [1.807, 2.05) is 6.07 Å². The van der Waals surface area contributed by atoms with Gasteiger partial charge >= 0.3 is 0 Å². The summed E-state index contributed by atoms with van der Waals surface area (Å²) in [6, 6.07) is 11.5. The number of pyridine rings is 1. The van der Waals surface area contributed by atoms with Gasteiger partial charge in [-0.05, 0) is 29.8 Å². The summed E-state index contributed by atoms with van der Waals surface area (Å²) in [7, 11) is -2.14. The van der Waals surface area contributed by atoms with Crippen molar-refractivity contribution >= 4 is 21.6 Å². The van der Waals surface area contributed by atoms with Crippen molar-refractivity contribution in [2.24, 2.45) is 0 Å². The Morgan fingerprint density at radius 3 is 2.52 bits per heavy atom. The molecule has 1 heterocycles. The fourth-order valence-corrected chi connectivity index (χ4v) is 3.16. The summed E-state index contributed by atoms with van der Waals surface area (Å²) in [5.41, 5.74) is 1.32. The number of sulfonamides is 1. The molecular formula is C14H12ClN3O2S. The summed E-state index contributed by atoms with van der Waals surface area (Å²) in [5, 5.41) is 8.87. The van der Waals surface area contributed by atoms with E-state index in [1.165, 1.54) is 29.7 Å². The number of aromatic nitrogens is 1. The van der Waals surface area contributed by atoms with Gasteiger partial charge in [0, 0.05) is 19.8 Å². The minimum Gasteiger partial charge on any atom is -0.244 e. The monoisotopic (exact) mass is 321 g/mol. The molecule has 0 aliphatic carbocycles. The molecule has 0 fully saturated rings. The molecule has 0 bridgehead atoms. The van der Waals surface area contributed by atoms with Crippen LogP contribution in [0.5, 0.6) is 0 Å². The topological polar surface area (TPSA) is 74.1 Å². The van der Waals surface area contributed by atoms with Crippen LogP contribution in [0.15, 0.2) is 47.5 Å². The van der Waals surface area contributed by atoms with Crippen LogP contribution in [-0.2, 0) is 16.6 Å². The molecular weight excluding hydrogens is 310 g/mol. The van der Waals surface area contributed by atoms with E-state index in [0.29, 0.717) is 5.56 Å². The molecule has 0 atom stereocenters. The van der Waals surface area contributed by atoms with Gasteiger partial charge in [-0.15, -0.1) is 0 Å². The Kier molecular flexibility index (Phi) is 4.58. The van der Waals surface area contributed by atoms with Gasteiger partial charge in [-0.3, -0.25) is 0 Å². The first-order valence-corrected chi connectivity index (χ1v) is 7.82. The summed E-state index contributed by atoms with van der Waals surface area (Å²) in [4.78, 5) is 3.86. The van der Waals surface area contributed by atoms with Crippen LogP contribution in [0.3, 0.4) is 0 Å². The molecule has 5 nitrogen and oxygen atoms in total. The second-order valence-electron chi connectivity index (χ2n) is 4.38. The van der Waals surface area contributed by atoms with Crippen LogP contribution in [0, 0.1) is 11.3 Å². The van der Waals surface area contributed by atoms with Gasteiger partial charge in [0.2, 0.25) is 10.0 Å². The van der Waals surface area contributed by atoms with Gasteiger partial charge in [-0.25, -0.2) is 13.4 Å². The van der Waals surface area contributed by atoms with Crippen molar-refractivity contribution in [1.29, 1.82) is 5.26 Å². The highest BCUT2D eigenvalue weighted by atomic mass is 35.5. The number of halogens is 1. The lowest BCUT2D eigenvalue weighted by atomic mass is 10.1. The summed E-state index contributed by atoms with van der Waals surface area (Å²) in [6.07, 6.45) is 1.35. The molecule has 7 heteroatoms. The van der Waals surface area contributed by atoms with Crippen LogP contribution in [0.4, 0.5) is 0 Å². The maximum absolute atomic E-state index is 12.4. The van der Waals surface area contributed by atoms with Gasteiger partial charge in [0.25, 0.3) is 0 Å².